The fourth-order valence-electron chi connectivity index (χ4n) is 2.14. The largest absolute Gasteiger partial charge is 0.378 e. The lowest BCUT2D eigenvalue weighted by Crippen LogP contribution is -2.10. The lowest BCUT2D eigenvalue weighted by molar-refractivity contribution is 0.885. The van der Waals surface area contributed by atoms with Gasteiger partial charge in [-0.1, -0.05) is 40.9 Å². The summed E-state index contributed by atoms with van der Waals surface area (Å²) in [4.78, 5) is 1.98. The molecule has 0 heterocycles. The Morgan fingerprint density at radius 1 is 0.952 bits per heavy atom. The highest BCUT2D eigenvalue weighted by Gasteiger charge is 2.11. The van der Waals surface area contributed by atoms with Crippen molar-refractivity contribution in [3.8, 4) is 0 Å². The summed E-state index contributed by atoms with van der Waals surface area (Å²) in [5, 5.41) is 5.39. The van der Waals surface area contributed by atoms with E-state index < -0.39 is 0 Å². The zero-order chi connectivity index (χ0) is 15.6. The average Bonchev–Trinajstić information content (AvgIpc) is 2.37. The van der Waals surface area contributed by atoms with E-state index in [9.17, 15) is 0 Å². The van der Waals surface area contributed by atoms with Gasteiger partial charge in [-0.15, -0.1) is 0 Å². The van der Waals surface area contributed by atoms with Gasteiger partial charge in [-0.3, -0.25) is 0 Å². The SMILES string of the molecule is CC(Nc1ccc(N(C)C)c(Cl)c1)c1ccc(Cl)cc1Cl. The molecular weight excluding hydrogens is 327 g/mol. The van der Waals surface area contributed by atoms with Gasteiger partial charge in [-0.05, 0) is 42.8 Å². The number of hydrogen-bond acceptors (Lipinski definition) is 2. The van der Waals surface area contributed by atoms with Crippen molar-refractivity contribution in [1.82, 2.24) is 0 Å². The van der Waals surface area contributed by atoms with Crippen molar-refractivity contribution < 1.29 is 0 Å². The Labute approximate surface area is 140 Å². The Hall–Kier alpha value is -1.09. The Bertz CT molecular complexity index is 641. The summed E-state index contributed by atoms with van der Waals surface area (Å²) in [6, 6.07) is 11.5. The van der Waals surface area contributed by atoms with Gasteiger partial charge < -0.3 is 10.2 Å². The monoisotopic (exact) mass is 342 g/mol. The number of benzene rings is 2. The molecule has 2 nitrogen and oxygen atoms in total. The van der Waals surface area contributed by atoms with E-state index in [4.69, 9.17) is 34.8 Å². The fraction of sp³-hybridized carbons (Fsp3) is 0.250. The van der Waals surface area contributed by atoms with Crippen molar-refractivity contribution in [1.29, 1.82) is 0 Å². The first kappa shape index (κ1) is 16.3. The van der Waals surface area contributed by atoms with E-state index in [-0.39, 0.29) is 6.04 Å². The molecular formula is C16H17Cl3N2. The number of nitrogens with zero attached hydrogens (tertiary/aromatic N) is 1. The molecule has 112 valence electrons. The predicted molar refractivity (Wildman–Crippen MR) is 94.3 cm³/mol. The molecule has 2 rings (SSSR count). The van der Waals surface area contributed by atoms with Gasteiger partial charge in [-0.25, -0.2) is 0 Å². The minimum Gasteiger partial charge on any atom is -0.378 e. The van der Waals surface area contributed by atoms with Gasteiger partial charge in [0.1, 0.15) is 0 Å². The quantitative estimate of drug-likeness (QED) is 0.745. The van der Waals surface area contributed by atoms with Crippen molar-refractivity contribution in [2.45, 2.75) is 13.0 Å². The van der Waals surface area contributed by atoms with Crippen molar-refractivity contribution >= 4 is 46.2 Å². The van der Waals surface area contributed by atoms with E-state index in [2.05, 4.69) is 5.32 Å². The molecule has 0 aromatic heterocycles. The molecule has 5 heteroatoms. The van der Waals surface area contributed by atoms with E-state index in [0.717, 1.165) is 16.9 Å². The normalized spacial score (nSPS) is 12.1. The second-order valence-corrected chi connectivity index (χ2v) is 6.34. The second-order valence-electron chi connectivity index (χ2n) is 5.09. The molecule has 2 aromatic rings. The summed E-state index contributed by atoms with van der Waals surface area (Å²) in [7, 11) is 3.93. The standard InChI is InChI=1S/C16H17Cl3N2/c1-10(13-6-4-11(17)8-14(13)18)20-12-5-7-16(21(2)3)15(19)9-12/h4-10,20H,1-3H3. The molecule has 0 bridgehead atoms. The van der Waals surface area contributed by atoms with Crippen LogP contribution in [0.4, 0.5) is 11.4 Å². The molecule has 0 fully saturated rings. The molecule has 21 heavy (non-hydrogen) atoms. The van der Waals surface area contributed by atoms with Gasteiger partial charge in [0, 0.05) is 35.9 Å². The van der Waals surface area contributed by atoms with Crippen LogP contribution in [0.2, 0.25) is 15.1 Å². The summed E-state index contributed by atoms with van der Waals surface area (Å²) in [5.41, 5.74) is 2.93. The van der Waals surface area contributed by atoms with Crippen LogP contribution in [0.3, 0.4) is 0 Å². The Kier molecular flexibility index (Phi) is 5.26. The van der Waals surface area contributed by atoms with Crippen LogP contribution in [0.5, 0.6) is 0 Å². The van der Waals surface area contributed by atoms with Crippen LogP contribution in [0.15, 0.2) is 36.4 Å². The highest BCUT2D eigenvalue weighted by molar-refractivity contribution is 6.35. The molecule has 1 atom stereocenters. The summed E-state index contributed by atoms with van der Waals surface area (Å²) < 4.78 is 0. The van der Waals surface area contributed by atoms with Gasteiger partial charge >= 0.3 is 0 Å². The first-order valence-electron chi connectivity index (χ1n) is 6.57. The molecule has 0 aliphatic rings. The summed E-state index contributed by atoms with van der Waals surface area (Å²) in [6.07, 6.45) is 0. The molecule has 1 N–H and O–H groups in total. The Morgan fingerprint density at radius 2 is 1.67 bits per heavy atom. The smallest absolute Gasteiger partial charge is 0.0659 e. The molecule has 0 aliphatic heterocycles. The van der Waals surface area contributed by atoms with Gasteiger partial charge in [0.2, 0.25) is 0 Å². The lowest BCUT2D eigenvalue weighted by Gasteiger charge is -2.19. The summed E-state index contributed by atoms with van der Waals surface area (Å²) in [5.74, 6) is 0. The molecule has 0 spiro atoms. The maximum absolute atomic E-state index is 6.28. The molecule has 0 amide bonds. The summed E-state index contributed by atoms with van der Waals surface area (Å²) >= 11 is 18.4. The van der Waals surface area contributed by atoms with Crippen molar-refractivity contribution in [3.63, 3.8) is 0 Å². The van der Waals surface area contributed by atoms with Crippen LogP contribution in [0, 0.1) is 0 Å². The van der Waals surface area contributed by atoms with Crippen molar-refractivity contribution in [2.24, 2.45) is 0 Å². The number of halogens is 3. The van der Waals surface area contributed by atoms with Crippen molar-refractivity contribution in [2.75, 3.05) is 24.3 Å². The van der Waals surface area contributed by atoms with E-state index in [1.807, 2.05) is 56.3 Å². The van der Waals surface area contributed by atoms with Crippen molar-refractivity contribution in [3.05, 3.63) is 57.0 Å². The molecule has 0 aliphatic carbocycles. The number of hydrogen-bond donors (Lipinski definition) is 1. The van der Waals surface area contributed by atoms with Crippen LogP contribution in [0.1, 0.15) is 18.5 Å². The molecule has 2 aromatic carbocycles. The average molecular weight is 344 g/mol. The first-order valence-corrected chi connectivity index (χ1v) is 7.70. The van der Waals surface area contributed by atoms with E-state index >= 15 is 0 Å². The number of anilines is 2. The number of nitrogens with one attached hydrogen (secondary N) is 1. The van der Waals surface area contributed by atoms with E-state index in [1.165, 1.54) is 0 Å². The molecule has 0 saturated heterocycles. The maximum Gasteiger partial charge on any atom is 0.0659 e. The third kappa shape index (κ3) is 3.97. The lowest BCUT2D eigenvalue weighted by atomic mass is 10.1. The van der Waals surface area contributed by atoms with E-state index in [1.54, 1.807) is 6.07 Å². The van der Waals surface area contributed by atoms with Gasteiger partial charge in [0.25, 0.3) is 0 Å². The number of rotatable bonds is 4. The maximum atomic E-state index is 6.28. The minimum absolute atomic E-state index is 0.0519. The third-order valence-electron chi connectivity index (χ3n) is 3.24. The zero-order valence-corrected chi connectivity index (χ0v) is 14.4. The van der Waals surface area contributed by atoms with Gasteiger partial charge in [-0.2, -0.15) is 0 Å². The Balaban J connectivity index is 2.19. The molecule has 1 unspecified atom stereocenters. The highest BCUT2D eigenvalue weighted by atomic mass is 35.5. The van der Waals surface area contributed by atoms with Crippen LogP contribution < -0.4 is 10.2 Å². The fourth-order valence-corrected chi connectivity index (χ4v) is 3.06. The zero-order valence-electron chi connectivity index (χ0n) is 12.1. The highest BCUT2D eigenvalue weighted by Crippen LogP contribution is 2.31. The van der Waals surface area contributed by atoms with Crippen LogP contribution in [0.25, 0.3) is 0 Å². The van der Waals surface area contributed by atoms with E-state index in [0.29, 0.717) is 15.1 Å². The molecule has 0 saturated carbocycles. The summed E-state index contributed by atoms with van der Waals surface area (Å²) in [6.45, 7) is 2.04. The van der Waals surface area contributed by atoms with Crippen LogP contribution >= 0.6 is 34.8 Å². The third-order valence-corrected chi connectivity index (χ3v) is 4.11. The Morgan fingerprint density at radius 3 is 2.24 bits per heavy atom. The van der Waals surface area contributed by atoms with Gasteiger partial charge in [0.15, 0.2) is 0 Å². The predicted octanol–water partition coefficient (Wildman–Crippen LogP) is 5.89. The van der Waals surface area contributed by atoms with Crippen LogP contribution in [-0.4, -0.2) is 14.1 Å². The van der Waals surface area contributed by atoms with Crippen LogP contribution in [-0.2, 0) is 0 Å². The van der Waals surface area contributed by atoms with Gasteiger partial charge in [0.05, 0.1) is 10.7 Å². The second kappa shape index (κ2) is 6.78. The first-order chi connectivity index (χ1) is 9.88. The molecule has 0 radical (unpaired) electrons. The minimum atomic E-state index is 0.0519. The topological polar surface area (TPSA) is 15.3 Å².